The number of thiocarbonyl (C=S) groups is 1. The van der Waals surface area contributed by atoms with Crippen molar-refractivity contribution < 1.29 is 14.3 Å². The van der Waals surface area contributed by atoms with Crippen molar-refractivity contribution in [3.63, 3.8) is 0 Å². The molecule has 0 spiro atoms. The number of hydrogen-bond acceptors (Lipinski definition) is 4. The minimum absolute atomic E-state index is 0.0527. The molecule has 152 valence electrons. The molecule has 0 aromatic rings. The van der Waals surface area contributed by atoms with Crippen LogP contribution in [-0.4, -0.2) is 66.9 Å². The maximum Gasteiger partial charge on any atom is 0.325 e. The summed E-state index contributed by atoms with van der Waals surface area (Å²) in [5.74, 6) is 0. The van der Waals surface area contributed by atoms with E-state index in [2.05, 4.69) is 34.6 Å². The number of carbonyl (C=O) groups excluding carboxylic acids is 1. The average molecular weight is 387 g/mol. The fourth-order valence-electron chi connectivity index (χ4n) is 2.65. The zero-order valence-corrected chi connectivity index (χ0v) is 18.4. The van der Waals surface area contributed by atoms with Gasteiger partial charge in [-0.05, 0) is 37.0 Å². The molecule has 1 aliphatic heterocycles. The number of hydrogen-bond donors (Lipinski definition) is 0. The van der Waals surface area contributed by atoms with Gasteiger partial charge in [-0.25, -0.2) is 4.79 Å². The first-order valence-corrected chi connectivity index (χ1v) is 10.2. The minimum atomic E-state index is 0.0527. The van der Waals surface area contributed by atoms with Gasteiger partial charge in [0.2, 0.25) is 0 Å². The van der Waals surface area contributed by atoms with Crippen molar-refractivity contribution in [1.82, 2.24) is 9.80 Å². The molecule has 6 heteroatoms. The molecule has 1 rings (SSSR count). The summed E-state index contributed by atoms with van der Waals surface area (Å²) in [6.07, 6.45) is 2.94. The van der Waals surface area contributed by atoms with Crippen LogP contribution in [0.3, 0.4) is 0 Å². The Morgan fingerprint density at radius 2 is 1.54 bits per heavy atom. The van der Waals surface area contributed by atoms with Crippen molar-refractivity contribution in [2.75, 3.05) is 46.1 Å². The second-order valence-electron chi connectivity index (χ2n) is 9.04. The number of urea groups is 1. The Labute approximate surface area is 165 Å². The van der Waals surface area contributed by atoms with Crippen LogP contribution in [0.5, 0.6) is 0 Å². The highest BCUT2D eigenvalue weighted by Crippen LogP contribution is 2.26. The van der Waals surface area contributed by atoms with E-state index in [4.69, 9.17) is 21.7 Å². The van der Waals surface area contributed by atoms with Crippen LogP contribution in [0.2, 0.25) is 0 Å². The Hall–Kier alpha value is -0.720. The maximum absolute atomic E-state index is 12.2. The van der Waals surface area contributed by atoms with E-state index in [1.54, 1.807) is 9.80 Å². The van der Waals surface area contributed by atoms with Crippen molar-refractivity contribution >= 4 is 23.2 Å². The molecule has 2 amide bonds. The smallest absolute Gasteiger partial charge is 0.325 e. The van der Waals surface area contributed by atoms with Crippen molar-refractivity contribution in [1.29, 1.82) is 0 Å². The van der Waals surface area contributed by atoms with Crippen molar-refractivity contribution in [3.05, 3.63) is 0 Å². The Balaban J connectivity index is 2.15. The van der Waals surface area contributed by atoms with E-state index in [0.717, 1.165) is 37.5 Å². The Kier molecular flexibility index (Phi) is 9.48. The van der Waals surface area contributed by atoms with Crippen LogP contribution in [0.1, 0.15) is 60.8 Å². The van der Waals surface area contributed by atoms with Gasteiger partial charge in [-0.1, -0.05) is 46.8 Å². The first-order valence-electron chi connectivity index (χ1n) is 9.80. The Morgan fingerprint density at radius 1 is 0.962 bits per heavy atom. The van der Waals surface area contributed by atoms with Crippen molar-refractivity contribution in [2.45, 2.75) is 60.8 Å². The topological polar surface area (TPSA) is 42.0 Å². The molecule has 1 aliphatic rings. The molecule has 1 fully saturated rings. The van der Waals surface area contributed by atoms with E-state index in [1.807, 2.05) is 6.92 Å². The lowest BCUT2D eigenvalue weighted by Gasteiger charge is -2.27. The molecular formula is C20H38N2O3S. The zero-order chi connectivity index (χ0) is 19.8. The van der Waals surface area contributed by atoms with Crippen LogP contribution < -0.4 is 0 Å². The standard InChI is InChI=1S/C20H38N2O3S/c1-7-21-16-17(26)22(18(21)23)11-8-20(5,6)10-13-25-15-14-24-12-9-19(2,3)4/h7-16H2,1-6H3. The summed E-state index contributed by atoms with van der Waals surface area (Å²) in [5.41, 5.74) is 0.431. The molecular weight excluding hydrogens is 348 g/mol. The van der Waals surface area contributed by atoms with Gasteiger partial charge in [0.1, 0.15) is 4.99 Å². The summed E-state index contributed by atoms with van der Waals surface area (Å²) < 4.78 is 11.3. The average Bonchev–Trinajstić information content (AvgIpc) is 2.81. The lowest BCUT2D eigenvalue weighted by atomic mass is 9.86. The first-order chi connectivity index (χ1) is 12.1. The van der Waals surface area contributed by atoms with Gasteiger partial charge in [0.15, 0.2) is 0 Å². The van der Waals surface area contributed by atoms with E-state index in [-0.39, 0.29) is 11.4 Å². The van der Waals surface area contributed by atoms with Gasteiger partial charge < -0.3 is 14.4 Å². The third-order valence-corrected chi connectivity index (χ3v) is 5.16. The zero-order valence-electron chi connectivity index (χ0n) is 17.6. The van der Waals surface area contributed by atoms with Gasteiger partial charge >= 0.3 is 6.03 Å². The SMILES string of the molecule is CCN1CC(=S)N(CCC(C)(C)CCOCCOCCC(C)(C)C)C1=O. The predicted octanol–water partition coefficient (Wildman–Crippen LogP) is 4.35. The second kappa shape index (κ2) is 10.6. The molecule has 5 nitrogen and oxygen atoms in total. The normalized spacial score (nSPS) is 16.1. The van der Waals surface area contributed by atoms with E-state index in [9.17, 15) is 4.79 Å². The molecule has 0 atom stereocenters. The van der Waals surface area contributed by atoms with Crippen LogP contribution in [0, 0.1) is 10.8 Å². The highest BCUT2D eigenvalue weighted by Gasteiger charge is 2.32. The van der Waals surface area contributed by atoms with Gasteiger partial charge in [0, 0.05) is 26.3 Å². The number of amides is 2. The number of rotatable bonds is 12. The third-order valence-electron chi connectivity index (χ3n) is 4.81. The largest absolute Gasteiger partial charge is 0.379 e. The summed E-state index contributed by atoms with van der Waals surface area (Å²) in [6.45, 7) is 17.9. The van der Waals surface area contributed by atoms with Gasteiger partial charge in [0.05, 0.1) is 19.8 Å². The molecule has 0 radical (unpaired) electrons. The molecule has 1 saturated heterocycles. The maximum atomic E-state index is 12.2. The van der Waals surface area contributed by atoms with Crippen LogP contribution in [0.4, 0.5) is 4.79 Å². The van der Waals surface area contributed by atoms with Crippen LogP contribution in [-0.2, 0) is 9.47 Å². The van der Waals surface area contributed by atoms with E-state index < -0.39 is 0 Å². The van der Waals surface area contributed by atoms with Gasteiger partial charge in [-0.2, -0.15) is 0 Å². The highest BCUT2D eigenvalue weighted by molar-refractivity contribution is 7.80. The summed E-state index contributed by atoms with van der Waals surface area (Å²) >= 11 is 5.35. The minimum Gasteiger partial charge on any atom is -0.379 e. The highest BCUT2D eigenvalue weighted by atomic mass is 32.1. The predicted molar refractivity (Wildman–Crippen MR) is 111 cm³/mol. The Morgan fingerprint density at radius 3 is 2.04 bits per heavy atom. The summed E-state index contributed by atoms with van der Waals surface area (Å²) in [5, 5.41) is 0. The summed E-state index contributed by atoms with van der Waals surface area (Å²) in [7, 11) is 0. The van der Waals surface area contributed by atoms with Crippen LogP contribution in [0.25, 0.3) is 0 Å². The van der Waals surface area contributed by atoms with Crippen molar-refractivity contribution in [3.8, 4) is 0 Å². The van der Waals surface area contributed by atoms with E-state index in [0.29, 0.717) is 38.3 Å². The van der Waals surface area contributed by atoms with Gasteiger partial charge in [-0.15, -0.1) is 0 Å². The molecule has 0 bridgehead atoms. The lowest BCUT2D eigenvalue weighted by Crippen LogP contribution is -2.35. The summed E-state index contributed by atoms with van der Waals surface area (Å²) in [4.78, 5) is 16.5. The quantitative estimate of drug-likeness (QED) is 0.369. The molecule has 0 aliphatic carbocycles. The monoisotopic (exact) mass is 386 g/mol. The fourth-order valence-corrected chi connectivity index (χ4v) is 2.97. The van der Waals surface area contributed by atoms with Gasteiger partial charge in [0.25, 0.3) is 0 Å². The fraction of sp³-hybridized carbons (Fsp3) is 0.900. The molecule has 0 saturated carbocycles. The van der Waals surface area contributed by atoms with Crippen LogP contribution in [0.15, 0.2) is 0 Å². The molecule has 26 heavy (non-hydrogen) atoms. The Bertz CT molecular complexity index is 460. The molecule has 0 aromatic carbocycles. The number of carbonyl (C=O) groups is 1. The third kappa shape index (κ3) is 8.78. The van der Waals surface area contributed by atoms with Crippen LogP contribution >= 0.6 is 12.2 Å². The molecule has 0 unspecified atom stereocenters. The number of nitrogens with zero attached hydrogens (tertiary/aromatic N) is 2. The second-order valence-corrected chi connectivity index (χ2v) is 9.51. The van der Waals surface area contributed by atoms with Gasteiger partial charge in [-0.3, -0.25) is 4.90 Å². The summed E-state index contributed by atoms with van der Waals surface area (Å²) in [6, 6.07) is 0.0527. The molecule has 0 N–H and O–H groups in total. The molecule has 0 aromatic heterocycles. The van der Waals surface area contributed by atoms with E-state index in [1.165, 1.54) is 0 Å². The number of likely N-dealkylation sites (N-methyl/N-ethyl adjacent to an activating group) is 1. The van der Waals surface area contributed by atoms with Crippen molar-refractivity contribution in [2.24, 2.45) is 10.8 Å². The number of ether oxygens (including phenoxy) is 2. The first kappa shape index (κ1) is 23.3. The molecule has 1 heterocycles. The lowest BCUT2D eigenvalue weighted by molar-refractivity contribution is 0.0290. The van der Waals surface area contributed by atoms with E-state index >= 15 is 0 Å².